The van der Waals surface area contributed by atoms with E-state index in [9.17, 15) is 9.90 Å². The van der Waals surface area contributed by atoms with Gasteiger partial charge >= 0.3 is 0 Å². The molecule has 12 saturated carbocycles. The second-order valence-electron chi connectivity index (χ2n) is 24.3. The zero-order valence-electron chi connectivity index (χ0n) is 41.2. The molecule has 0 aliphatic heterocycles. The molecule has 0 amide bonds. The van der Waals surface area contributed by atoms with Crippen molar-refractivity contribution in [1.29, 1.82) is 0 Å². The van der Waals surface area contributed by atoms with Crippen molar-refractivity contribution in [1.82, 2.24) is 0 Å². The molecule has 72 heavy (non-hydrogen) atoms. The van der Waals surface area contributed by atoms with Gasteiger partial charge in [0.1, 0.15) is 5.78 Å². The van der Waals surface area contributed by atoms with Gasteiger partial charge in [-0.25, -0.2) is 0 Å². The summed E-state index contributed by atoms with van der Waals surface area (Å²) in [5, 5.41) is 14.3. The lowest BCUT2D eigenvalue weighted by atomic mass is 9.43. The van der Waals surface area contributed by atoms with E-state index in [0.717, 1.165) is 94.7 Å². The van der Waals surface area contributed by atoms with Crippen LogP contribution >= 0.6 is 50.7 Å². The van der Waals surface area contributed by atoms with Crippen molar-refractivity contribution >= 4 is 56.5 Å². The maximum Gasteiger partial charge on any atom is 0.139 e. The number of benzene rings is 6. The minimum Gasteiger partial charge on any atom is -0.385 e. The van der Waals surface area contributed by atoms with E-state index in [2.05, 4.69) is 94.8 Å². The molecule has 1 spiro atoms. The first-order valence-corrected chi connectivity index (χ1v) is 29.5. The Bertz CT molecular complexity index is 2940. The van der Waals surface area contributed by atoms with Gasteiger partial charge in [-0.05, 0) is 248 Å². The van der Waals surface area contributed by atoms with E-state index in [0.29, 0.717) is 34.9 Å². The van der Waals surface area contributed by atoms with Crippen LogP contribution in [0.25, 0.3) is 33.4 Å². The number of aliphatic hydroxyl groups is 1. The molecular formula is C66H66BrCl3O2. The van der Waals surface area contributed by atoms with Gasteiger partial charge in [-0.3, -0.25) is 4.79 Å². The maximum absolute atomic E-state index is 11.9. The molecule has 370 valence electrons. The van der Waals surface area contributed by atoms with Gasteiger partial charge in [0.25, 0.3) is 0 Å². The average molecular weight is 1080 g/mol. The molecule has 19 rings (SSSR count). The highest BCUT2D eigenvalue weighted by molar-refractivity contribution is 9.10. The topological polar surface area (TPSA) is 37.3 Å². The smallest absolute Gasteiger partial charge is 0.139 e. The van der Waals surface area contributed by atoms with Crippen molar-refractivity contribution in [3.05, 3.63) is 176 Å². The summed E-state index contributed by atoms with van der Waals surface area (Å²) in [7, 11) is 0. The van der Waals surface area contributed by atoms with Crippen LogP contribution in [0.2, 0.25) is 15.1 Å². The van der Waals surface area contributed by atoms with E-state index in [1.54, 1.807) is 11.1 Å². The third kappa shape index (κ3) is 8.32. The first kappa shape index (κ1) is 48.0. The summed E-state index contributed by atoms with van der Waals surface area (Å²) in [4.78, 5) is 11.6. The van der Waals surface area contributed by atoms with Gasteiger partial charge in [-0.2, -0.15) is 0 Å². The molecule has 0 saturated heterocycles. The van der Waals surface area contributed by atoms with Gasteiger partial charge in [0, 0.05) is 36.8 Å². The monoisotopic (exact) mass is 1070 g/mol. The van der Waals surface area contributed by atoms with Crippen molar-refractivity contribution in [3.63, 3.8) is 0 Å². The Hall–Kier alpha value is -3.70. The average Bonchev–Trinajstić information content (AvgIpc) is 3.66. The van der Waals surface area contributed by atoms with Crippen molar-refractivity contribution in [2.75, 3.05) is 0 Å². The van der Waals surface area contributed by atoms with Crippen molar-refractivity contribution < 1.29 is 9.90 Å². The number of Topliss-reactive ketones (excluding diaryl/α,β-unsaturated/α-hetero) is 1. The Morgan fingerprint density at radius 1 is 0.389 bits per heavy atom. The van der Waals surface area contributed by atoms with E-state index in [1.807, 2.05) is 60.7 Å². The number of carbonyl (C=O) groups excluding carboxylic acids is 1. The van der Waals surface area contributed by atoms with Crippen LogP contribution in [0.5, 0.6) is 0 Å². The van der Waals surface area contributed by atoms with Gasteiger partial charge < -0.3 is 5.11 Å². The lowest BCUT2D eigenvalue weighted by molar-refractivity contribution is -0.179. The molecule has 0 atom stereocenters. The highest BCUT2D eigenvalue weighted by Crippen LogP contribution is 2.69. The molecule has 2 nitrogen and oxygen atoms in total. The Morgan fingerprint density at radius 2 is 0.806 bits per heavy atom. The standard InChI is InChI=1S/C22H23ClO.C22H21Cl.C12H8BrCl.C10H14O/c23-19-5-3-4-16(13-19)20-6-1-2-7-21(20)22(24)17-9-14-8-15(11-17)12-18(22)10-14;23-17-5-6-21-19(12-17)18-3-1-2-4-20(18)22(21)15-8-13-7-14(10-15)11-16(22)9-13;13-12-7-2-1-6-11(12)9-4-3-5-10(14)8-9;11-10-8-2-6-1-7(4-8)5-9(10)3-6/h1-7,13-15,17-18,24H,8-12H2;1-6,12-16H,7-11H2;1-8H;6-9H,1-5H2. The number of carbonyl (C=O) groups is 1. The summed E-state index contributed by atoms with van der Waals surface area (Å²) >= 11 is 22.0. The van der Waals surface area contributed by atoms with Gasteiger partial charge in [0.15, 0.2) is 0 Å². The number of hydrogen-bond acceptors (Lipinski definition) is 2. The van der Waals surface area contributed by atoms with Crippen molar-refractivity contribution in [2.45, 2.75) is 107 Å². The van der Waals surface area contributed by atoms with Gasteiger partial charge in [0.05, 0.1) is 5.60 Å². The Labute approximate surface area is 450 Å². The number of hydrogen-bond donors (Lipinski definition) is 1. The number of fused-ring (bicyclic) bond motifs is 3. The molecule has 12 bridgehead atoms. The lowest BCUT2D eigenvalue weighted by Gasteiger charge is -2.61. The minimum atomic E-state index is -0.660. The number of rotatable bonds is 3. The first-order chi connectivity index (χ1) is 35.0. The van der Waals surface area contributed by atoms with E-state index in [1.165, 1.54) is 107 Å². The normalized spacial score (nSPS) is 34.9. The summed E-state index contributed by atoms with van der Waals surface area (Å²) in [6, 6.07) is 48.3. The second kappa shape index (κ2) is 19.1. The van der Waals surface area contributed by atoms with Crippen LogP contribution in [0.3, 0.4) is 0 Å². The molecular weight excluding hydrogens is 1010 g/mol. The van der Waals surface area contributed by atoms with Crippen LogP contribution in [0.1, 0.15) is 113 Å². The summed E-state index contributed by atoms with van der Waals surface area (Å²) in [5.41, 5.74) is 11.4. The summed E-state index contributed by atoms with van der Waals surface area (Å²) < 4.78 is 1.09. The highest BCUT2D eigenvalue weighted by Gasteiger charge is 2.62. The predicted molar refractivity (Wildman–Crippen MR) is 299 cm³/mol. The zero-order chi connectivity index (χ0) is 48.9. The van der Waals surface area contributed by atoms with Gasteiger partial charge in [0.2, 0.25) is 0 Å². The van der Waals surface area contributed by atoms with Crippen LogP contribution in [0.15, 0.2) is 144 Å². The van der Waals surface area contributed by atoms with Crippen LogP contribution in [-0.2, 0) is 15.8 Å². The molecule has 12 fully saturated rings. The highest BCUT2D eigenvalue weighted by atomic mass is 79.9. The SMILES string of the molecule is Clc1ccc2c(c1)-c1ccccc1C21C2CC3CC(C2)CC1C3.Clc1cccc(-c2ccccc2Br)c1.O=C1C2CC3CC(C2)CC1C3.OC1(c2ccccc2-c2cccc(Cl)c2)C2CC3CC(C2)CC1C3. The fourth-order valence-electron chi connectivity index (χ4n) is 18.2. The zero-order valence-corrected chi connectivity index (χ0v) is 45.0. The van der Waals surface area contributed by atoms with Gasteiger partial charge in [-0.15, -0.1) is 0 Å². The molecule has 0 radical (unpaired) electrons. The molecule has 6 aromatic rings. The van der Waals surface area contributed by atoms with Crippen molar-refractivity contribution in [2.24, 2.45) is 71.0 Å². The molecule has 0 heterocycles. The van der Waals surface area contributed by atoms with Crippen LogP contribution < -0.4 is 0 Å². The molecule has 6 aromatic carbocycles. The Morgan fingerprint density at radius 3 is 1.33 bits per heavy atom. The fraction of sp³-hybridized carbons (Fsp3) is 0.439. The van der Waals surface area contributed by atoms with Crippen LogP contribution in [-0.4, -0.2) is 10.9 Å². The van der Waals surface area contributed by atoms with Crippen molar-refractivity contribution in [3.8, 4) is 33.4 Å². The third-order valence-corrected chi connectivity index (χ3v) is 21.7. The molecule has 6 heteroatoms. The van der Waals surface area contributed by atoms with E-state index >= 15 is 0 Å². The summed E-state index contributed by atoms with van der Waals surface area (Å²) in [6.45, 7) is 0. The van der Waals surface area contributed by atoms with Crippen LogP contribution in [0.4, 0.5) is 0 Å². The minimum absolute atomic E-state index is 0.296. The first-order valence-electron chi connectivity index (χ1n) is 27.5. The molecule has 13 aliphatic rings. The molecule has 13 aliphatic carbocycles. The lowest BCUT2D eigenvalue weighted by Crippen LogP contribution is -2.55. The largest absolute Gasteiger partial charge is 0.385 e. The summed E-state index contributed by atoms with van der Waals surface area (Å²) in [5.74, 6) is 9.78. The summed E-state index contributed by atoms with van der Waals surface area (Å²) in [6.07, 6.45) is 19.9. The molecule has 0 unspecified atom stereocenters. The molecule has 1 N–H and O–H groups in total. The van der Waals surface area contributed by atoms with E-state index < -0.39 is 5.60 Å². The van der Waals surface area contributed by atoms with E-state index in [-0.39, 0.29) is 0 Å². The quantitative estimate of drug-likeness (QED) is 0.192. The predicted octanol–water partition coefficient (Wildman–Crippen LogP) is 18.5. The van der Waals surface area contributed by atoms with Gasteiger partial charge in [-0.1, -0.05) is 148 Å². The van der Waals surface area contributed by atoms with E-state index in [4.69, 9.17) is 34.8 Å². The Balaban J connectivity index is 0.0000000976. The fourth-order valence-corrected chi connectivity index (χ4v) is 19.3. The second-order valence-corrected chi connectivity index (χ2v) is 26.5. The molecule has 0 aromatic heterocycles. The van der Waals surface area contributed by atoms with Crippen LogP contribution in [0, 0.1) is 71.0 Å². The third-order valence-electron chi connectivity index (χ3n) is 20.3. The Kier molecular flexibility index (Phi) is 12.8. The number of halogens is 4. The maximum atomic E-state index is 11.9. The number of ketones is 1.